The van der Waals surface area contributed by atoms with Gasteiger partial charge in [-0.2, -0.15) is 9.97 Å². The van der Waals surface area contributed by atoms with Crippen molar-refractivity contribution in [1.82, 2.24) is 25.6 Å². The van der Waals surface area contributed by atoms with Gasteiger partial charge in [-0.3, -0.25) is 10.1 Å². The second-order valence-electron chi connectivity index (χ2n) is 8.94. The summed E-state index contributed by atoms with van der Waals surface area (Å²) in [5.74, 6) is 0.917. The van der Waals surface area contributed by atoms with E-state index in [1.165, 1.54) is 18.4 Å². The monoisotopic (exact) mass is 538 g/mol. The molecule has 0 unspecified atom stereocenters. The molecule has 0 aliphatic carbocycles. The molecule has 0 atom stereocenters. The molecule has 0 radical (unpaired) electrons. The zero-order chi connectivity index (χ0) is 26.5. The van der Waals surface area contributed by atoms with Crippen molar-refractivity contribution in [2.75, 3.05) is 49.4 Å². The summed E-state index contributed by atoms with van der Waals surface area (Å²) in [6, 6.07) is 8.65. The fraction of sp³-hybridized carbons (Fsp3) is 0.400. The van der Waals surface area contributed by atoms with Crippen molar-refractivity contribution in [3.63, 3.8) is 0 Å². The minimum Gasteiger partial charge on any atom is -0.481 e. The van der Waals surface area contributed by atoms with Gasteiger partial charge in [-0.15, -0.1) is 0 Å². The molecule has 12 nitrogen and oxygen atoms in total. The van der Waals surface area contributed by atoms with Crippen LogP contribution in [0.15, 0.2) is 30.3 Å². The zero-order valence-corrected chi connectivity index (χ0v) is 22.1. The van der Waals surface area contributed by atoms with Crippen LogP contribution in [0.5, 0.6) is 11.9 Å². The number of carbonyl (C=O) groups excluding carboxylic acids is 2. The van der Waals surface area contributed by atoms with Crippen LogP contribution in [0, 0.1) is 0 Å². The van der Waals surface area contributed by atoms with E-state index in [2.05, 4.69) is 41.1 Å². The SMILES string of the molecule is COc1cc(N2CCc3nc(NC(=O)Nc4ccccc4C(=O)NC4CCNCC4)sc3C2)nc(OC)n1. The van der Waals surface area contributed by atoms with Crippen LogP contribution >= 0.6 is 11.3 Å². The highest BCUT2D eigenvalue weighted by atomic mass is 32.1. The van der Waals surface area contributed by atoms with Gasteiger partial charge in [0, 0.05) is 30.0 Å². The van der Waals surface area contributed by atoms with Crippen LogP contribution < -0.4 is 35.6 Å². The fourth-order valence-electron chi connectivity index (χ4n) is 4.46. The predicted octanol–water partition coefficient (Wildman–Crippen LogP) is 2.64. The molecular formula is C25H30N8O4S. The number of amides is 3. The standard InChI is InChI=1S/C25H30N8O4S/c1-36-21-13-20(30-24(31-21)37-2)33-12-9-18-19(14-33)38-25(29-18)32-23(35)28-17-6-4-3-5-16(17)22(34)27-15-7-10-26-11-8-15/h3-6,13,15,26H,7-12,14H2,1-2H3,(H,27,34)(H2,28,29,32,35). The van der Waals surface area contributed by atoms with Crippen molar-refractivity contribution in [3.8, 4) is 11.9 Å². The molecule has 4 heterocycles. The highest BCUT2D eigenvalue weighted by molar-refractivity contribution is 7.15. The maximum Gasteiger partial charge on any atom is 0.325 e. The van der Waals surface area contributed by atoms with E-state index in [9.17, 15) is 9.59 Å². The zero-order valence-electron chi connectivity index (χ0n) is 21.2. The topological polar surface area (TPSA) is 143 Å². The molecule has 5 rings (SSSR count). The molecule has 3 amide bonds. The Morgan fingerprint density at radius 1 is 1.08 bits per heavy atom. The van der Waals surface area contributed by atoms with Crippen LogP contribution in [0.4, 0.5) is 21.4 Å². The van der Waals surface area contributed by atoms with E-state index in [0.717, 1.165) is 36.5 Å². The first-order chi connectivity index (χ1) is 18.5. The first-order valence-corrected chi connectivity index (χ1v) is 13.2. The van der Waals surface area contributed by atoms with Crippen LogP contribution in [-0.4, -0.2) is 66.8 Å². The van der Waals surface area contributed by atoms with Gasteiger partial charge < -0.3 is 30.3 Å². The molecule has 1 fully saturated rings. The van der Waals surface area contributed by atoms with E-state index in [0.29, 0.717) is 47.6 Å². The van der Waals surface area contributed by atoms with Gasteiger partial charge in [-0.05, 0) is 38.1 Å². The lowest BCUT2D eigenvalue weighted by molar-refractivity contribution is 0.0930. The van der Waals surface area contributed by atoms with E-state index >= 15 is 0 Å². The van der Waals surface area contributed by atoms with Gasteiger partial charge >= 0.3 is 12.0 Å². The summed E-state index contributed by atoms with van der Waals surface area (Å²) in [5, 5.41) is 12.5. The Bertz CT molecular complexity index is 1290. The average Bonchev–Trinajstić information content (AvgIpc) is 3.34. The third-order valence-electron chi connectivity index (χ3n) is 6.43. The summed E-state index contributed by atoms with van der Waals surface area (Å²) in [5.41, 5.74) is 1.80. The van der Waals surface area contributed by atoms with Crippen molar-refractivity contribution in [2.45, 2.75) is 31.8 Å². The van der Waals surface area contributed by atoms with Gasteiger partial charge in [0.05, 0.1) is 37.7 Å². The number of fused-ring (bicyclic) bond motifs is 1. The molecule has 2 aliphatic rings. The third kappa shape index (κ3) is 5.94. The number of nitrogens with zero attached hydrogens (tertiary/aromatic N) is 4. The Balaban J connectivity index is 1.23. The van der Waals surface area contributed by atoms with Crippen molar-refractivity contribution >= 4 is 39.9 Å². The van der Waals surface area contributed by atoms with Crippen molar-refractivity contribution in [2.24, 2.45) is 0 Å². The third-order valence-corrected chi connectivity index (χ3v) is 7.43. The number of aromatic nitrogens is 3. The minimum atomic E-state index is -0.458. The van der Waals surface area contributed by atoms with Gasteiger partial charge in [0.15, 0.2) is 5.13 Å². The van der Waals surface area contributed by atoms with Crippen LogP contribution in [-0.2, 0) is 13.0 Å². The second kappa shape index (κ2) is 11.6. The largest absolute Gasteiger partial charge is 0.481 e. The Hall–Kier alpha value is -3.97. The summed E-state index contributed by atoms with van der Waals surface area (Å²) < 4.78 is 10.5. The molecule has 0 bridgehead atoms. The molecule has 1 aromatic carbocycles. The highest BCUT2D eigenvalue weighted by Gasteiger charge is 2.24. The molecular weight excluding hydrogens is 508 g/mol. The molecule has 0 saturated carbocycles. The predicted molar refractivity (Wildman–Crippen MR) is 144 cm³/mol. The summed E-state index contributed by atoms with van der Waals surface area (Å²) in [6.07, 6.45) is 2.46. The van der Waals surface area contributed by atoms with Gasteiger partial charge in [-0.1, -0.05) is 23.5 Å². The number of hydrogen-bond acceptors (Lipinski definition) is 10. The van der Waals surface area contributed by atoms with Crippen LogP contribution in [0.25, 0.3) is 0 Å². The summed E-state index contributed by atoms with van der Waals surface area (Å²) in [4.78, 5) is 42.1. The molecule has 38 heavy (non-hydrogen) atoms. The number of para-hydroxylation sites is 1. The number of rotatable bonds is 7. The van der Waals surface area contributed by atoms with Crippen molar-refractivity contribution in [3.05, 3.63) is 46.5 Å². The lowest BCUT2D eigenvalue weighted by atomic mass is 10.1. The maximum absolute atomic E-state index is 12.9. The highest BCUT2D eigenvalue weighted by Crippen LogP contribution is 2.32. The number of benzene rings is 1. The van der Waals surface area contributed by atoms with Gasteiger partial charge in [0.2, 0.25) is 5.88 Å². The van der Waals surface area contributed by atoms with Gasteiger partial charge in [-0.25, -0.2) is 9.78 Å². The van der Waals surface area contributed by atoms with Crippen molar-refractivity contribution < 1.29 is 19.1 Å². The molecule has 0 spiro atoms. The fourth-order valence-corrected chi connectivity index (χ4v) is 5.48. The summed E-state index contributed by atoms with van der Waals surface area (Å²) in [6.45, 7) is 3.04. The lowest BCUT2D eigenvalue weighted by Gasteiger charge is -2.27. The molecule has 2 aromatic heterocycles. The molecule has 1 saturated heterocycles. The first kappa shape index (κ1) is 25.7. The van der Waals surface area contributed by atoms with Crippen LogP contribution in [0.2, 0.25) is 0 Å². The summed E-state index contributed by atoms with van der Waals surface area (Å²) >= 11 is 1.41. The number of carbonyl (C=O) groups is 2. The van der Waals surface area contributed by atoms with E-state index in [1.807, 2.05) is 0 Å². The van der Waals surface area contributed by atoms with Crippen molar-refractivity contribution in [1.29, 1.82) is 0 Å². The van der Waals surface area contributed by atoms with Gasteiger partial charge in [0.1, 0.15) is 5.82 Å². The Morgan fingerprint density at radius 2 is 1.89 bits per heavy atom. The molecule has 4 N–H and O–H groups in total. The molecule has 3 aromatic rings. The lowest BCUT2D eigenvalue weighted by Crippen LogP contribution is -2.42. The second-order valence-corrected chi connectivity index (χ2v) is 10.0. The quantitative estimate of drug-likeness (QED) is 0.357. The number of piperidine rings is 1. The Morgan fingerprint density at radius 3 is 2.68 bits per heavy atom. The van der Waals surface area contributed by atoms with E-state index in [-0.39, 0.29) is 18.0 Å². The first-order valence-electron chi connectivity index (χ1n) is 12.4. The normalized spacial score (nSPS) is 15.4. The Kier molecular flexibility index (Phi) is 7.84. The molecule has 2 aliphatic heterocycles. The molecule has 200 valence electrons. The average molecular weight is 539 g/mol. The maximum atomic E-state index is 12.9. The minimum absolute atomic E-state index is 0.122. The number of anilines is 3. The number of ether oxygens (including phenoxy) is 2. The van der Waals surface area contributed by atoms with E-state index in [4.69, 9.17) is 9.47 Å². The number of urea groups is 1. The van der Waals surface area contributed by atoms with E-state index < -0.39 is 6.03 Å². The number of thiazole rings is 1. The molecule has 13 heteroatoms. The van der Waals surface area contributed by atoms with Crippen LogP contribution in [0.3, 0.4) is 0 Å². The van der Waals surface area contributed by atoms with E-state index in [1.54, 1.807) is 37.4 Å². The summed E-state index contributed by atoms with van der Waals surface area (Å²) in [7, 11) is 3.06. The number of methoxy groups -OCH3 is 2. The smallest absolute Gasteiger partial charge is 0.325 e. The van der Waals surface area contributed by atoms with Gasteiger partial charge in [0.25, 0.3) is 5.91 Å². The number of nitrogens with one attached hydrogen (secondary N) is 4. The number of hydrogen-bond donors (Lipinski definition) is 4. The van der Waals surface area contributed by atoms with Crippen LogP contribution in [0.1, 0.15) is 33.8 Å². The Labute approximate surface area is 224 Å².